The first-order chi connectivity index (χ1) is 8.24. The maximum Gasteiger partial charge on any atom is 0.0363 e. The zero-order valence-electron chi connectivity index (χ0n) is 10.5. The van der Waals surface area contributed by atoms with Crippen molar-refractivity contribution in [3.63, 3.8) is 0 Å². The zero-order chi connectivity index (χ0) is 11.8. The Hall–Kier alpha value is -1.06. The number of likely N-dealkylation sites (tertiary alicyclic amines) is 1. The highest BCUT2D eigenvalue weighted by Crippen LogP contribution is 2.30. The highest BCUT2D eigenvalue weighted by Gasteiger charge is 2.29. The second kappa shape index (κ2) is 4.31. The summed E-state index contributed by atoms with van der Waals surface area (Å²) in [7, 11) is 2.23. The van der Waals surface area contributed by atoms with Gasteiger partial charge in [0.1, 0.15) is 0 Å². The van der Waals surface area contributed by atoms with Crippen LogP contribution in [0.5, 0.6) is 0 Å². The van der Waals surface area contributed by atoms with Crippen LogP contribution >= 0.6 is 0 Å². The van der Waals surface area contributed by atoms with E-state index in [1.54, 1.807) is 0 Å². The fourth-order valence-electron chi connectivity index (χ4n) is 3.17. The van der Waals surface area contributed by atoms with E-state index in [1.165, 1.54) is 37.1 Å². The molecule has 3 heteroatoms. The predicted molar refractivity (Wildman–Crippen MR) is 70.6 cm³/mol. The summed E-state index contributed by atoms with van der Waals surface area (Å²) in [5, 5.41) is 0. The normalized spacial score (nSPS) is 26.1. The Morgan fingerprint density at radius 2 is 2.18 bits per heavy atom. The molecule has 17 heavy (non-hydrogen) atoms. The summed E-state index contributed by atoms with van der Waals surface area (Å²) in [5.74, 6) is 0. The van der Waals surface area contributed by atoms with Crippen LogP contribution in [0.15, 0.2) is 18.2 Å². The van der Waals surface area contributed by atoms with Crippen molar-refractivity contribution in [3.8, 4) is 0 Å². The zero-order valence-corrected chi connectivity index (χ0v) is 10.5. The van der Waals surface area contributed by atoms with Gasteiger partial charge in [-0.2, -0.15) is 0 Å². The average Bonchev–Trinajstić information content (AvgIpc) is 2.74. The first-order valence-electron chi connectivity index (χ1n) is 6.53. The fourth-order valence-corrected chi connectivity index (χ4v) is 3.17. The molecule has 0 amide bonds. The monoisotopic (exact) mass is 231 g/mol. The number of anilines is 1. The number of fused-ring (bicyclic) bond motifs is 1. The number of piperidine rings is 1. The lowest BCUT2D eigenvalue weighted by molar-refractivity contribution is 0.111. The van der Waals surface area contributed by atoms with Crippen molar-refractivity contribution in [1.29, 1.82) is 0 Å². The van der Waals surface area contributed by atoms with Crippen LogP contribution in [0, 0.1) is 0 Å². The molecule has 0 aromatic heterocycles. The molecular weight excluding hydrogens is 210 g/mol. The standard InChI is InChI=1S/C14H21N3/c1-16-7-3-5-12(9-16)17-8-11-4-2-6-14(15)13(11)10-17/h2,4,6,12H,3,5,7-10,15H2,1H3. The molecule has 0 aliphatic carbocycles. The smallest absolute Gasteiger partial charge is 0.0363 e. The minimum absolute atomic E-state index is 0.709. The van der Waals surface area contributed by atoms with E-state index in [9.17, 15) is 0 Å². The quantitative estimate of drug-likeness (QED) is 0.746. The topological polar surface area (TPSA) is 32.5 Å². The van der Waals surface area contributed by atoms with Crippen molar-refractivity contribution >= 4 is 5.69 Å². The van der Waals surface area contributed by atoms with Crippen LogP contribution < -0.4 is 5.73 Å². The first kappa shape index (κ1) is 11.1. The molecule has 2 aliphatic rings. The maximum absolute atomic E-state index is 6.05. The van der Waals surface area contributed by atoms with E-state index in [0.717, 1.165) is 18.8 Å². The summed E-state index contributed by atoms with van der Waals surface area (Å²) >= 11 is 0. The molecule has 2 aliphatic heterocycles. The Labute approximate surface area is 103 Å². The van der Waals surface area contributed by atoms with Crippen molar-refractivity contribution < 1.29 is 0 Å². The van der Waals surface area contributed by atoms with Crippen LogP contribution in [0.25, 0.3) is 0 Å². The van der Waals surface area contributed by atoms with E-state index >= 15 is 0 Å². The van der Waals surface area contributed by atoms with Gasteiger partial charge in [-0.15, -0.1) is 0 Å². The Kier molecular flexibility index (Phi) is 2.81. The van der Waals surface area contributed by atoms with E-state index in [2.05, 4.69) is 29.0 Å². The van der Waals surface area contributed by atoms with Crippen LogP contribution in [0.2, 0.25) is 0 Å². The summed E-state index contributed by atoms with van der Waals surface area (Å²) in [6, 6.07) is 7.03. The molecule has 0 radical (unpaired) electrons. The number of nitrogen functional groups attached to an aromatic ring is 1. The van der Waals surface area contributed by atoms with Crippen molar-refractivity contribution in [2.24, 2.45) is 0 Å². The van der Waals surface area contributed by atoms with Gasteiger partial charge in [-0.1, -0.05) is 12.1 Å². The molecule has 92 valence electrons. The van der Waals surface area contributed by atoms with Gasteiger partial charge in [0, 0.05) is 31.4 Å². The van der Waals surface area contributed by atoms with Crippen molar-refractivity contribution in [3.05, 3.63) is 29.3 Å². The van der Waals surface area contributed by atoms with Gasteiger partial charge in [0.05, 0.1) is 0 Å². The van der Waals surface area contributed by atoms with Crippen LogP contribution in [0.1, 0.15) is 24.0 Å². The minimum Gasteiger partial charge on any atom is -0.398 e. The highest BCUT2D eigenvalue weighted by molar-refractivity contribution is 5.52. The summed E-state index contributed by atoms with van der Waals surface area (Å²) < 4.78 is 0. The van der Waals surface area contributed by atoms with Crippen LogP contribution in [-0.2, 0) is 13.1 Å². The van der Waals surface area contributed by atoms with E-state index in [0.29, 0.717) is 6.04 Å². The fraction of sp³-hybridized carbons (Fsp3) is 0.571. The molecule has 1 atom stereocenters. The summed E-state index contributed by atoms with van der Waals surface area (Å²) in [6.07, 6.45) is 2.65. The third-order valence-corrected chi connectivity index (χ3v) is 4.16. The SMILES string of the molecule is CN1CCCC(N2Cc3cccc(N)c3C2)C1. The first-order valence-corrected chi connectivity index (χ1v) is 6.53. The maximum atomic E-state index is 6.05. The van der Waals surface area contributed by atoms with Gasteiger partial charge in [0.2, 0.25) is 0 Å². The molecule has 0 saturated carbocycles. The largest absolute Gasteiger partial charge is 0.398 e. The molecule has 1 unspecified atom stereocenters. The molecule has 2 N–H and O–H groups in total. The Balaban J connectivity index is 1.75. The van der Waals surface area contributed by atoms with Gasteiger partial charge in [0.15, 0.2) is 0 Å². The van der Waals surface area contributed by atoms with E-state index in [-0.39, 0.29) is 0 Å². The lowest BCUT2D eigenvalue weighted by Crippen LogP contribution is -2.44. The third-order valence-electron chi connectivity index (χ3n) is 4.16. The molecule has 1 fully saturated rings. The number of rotatable bonds is 1. The van der Waals surface area contributed by atoms with Crippen LogP contribution in [0.3, 0.4) is 0 Å². The van der Waals surface area contributed by atoms with Gasteiger partial charge < -0.3 is 10.6 Å². The Bertz CT molecular complexity index is 416. The molecule has 2 heterocycles. The van der Waals surface area contributed by atoms with Gasteiger partial charge in [-0.05, 0) is 43.6 Å². The number of benzene rings is 1. The van der Waals surface area contributed by atoms with Gasteiger partial charge in [-0.25, -0.2) is 0 Å². The van der Waals surface area contributed by atoms with Crippen molar-refractivity contribution in [2.75, 3.05) is 25.9 Å². The molecule has 0 bridgehead atoms. The second-order valence-corrected chi connectivity index (χ2v) is 5.45. The summed E-state index contributed by atoms with van der Waals surface area (Å²) in [6.45, 7) is 4.58. The van der Waals surface area contributed by atoms with Crippen molar-refractivity contribution in [2.45, 2.75) is 32.0 Å². The van der Waals surface area contributed by atoms with E-state index in [1.807, 2.05) is 6.07 Å². The molecule has 3 nitrogen and oxygen atoms in total. The molecule has 1 saturated heterocycles. The number of hydrogen-bond donors (Lipinski definition) is 1. The van der Waals surface area contributed by atoms with E-state index in [4.69, 9.17) is 5.73 Å². The number of nitrogens with two attached hydrogens (primary N) is 1. The second-order valence-electron chi connectivity index (χ2n) is 5.45. The Morgan fingerprint density at radius 3 is 2.94 bits per heavy atom. The predicted octanol–water partition coefficient (Wildman–Crippen LogP) is 1.68. The van der Waals surface area contributed by atoms with E-state index < -0.39 is 0 Å². The van der Waals surface area contributed by atoms with Crippen molar-refractivity contribution in [1.82, 2.24) is 9.80 Å². The van der Waals surface area contributed by atoms with Crippen LogP contribution in [0.4, 0.5) is 5.69 Å². The molecule has 0 spiro atoms. The third kappa shape index (κ3) is 2.05. The van der Waals surface area contributed by atoms with Gasteiger partial charge in [0.25, 0.3) is 0 Å². The lowest BCUT2D eigenvalue weighted by atomic mass is 10.1. The highest BCUT2D eigenvalue weighted by atomic mass is 15.2. The lowest BCUT2D eigenvalue weighted by Gasteiger charge is -2.35. The number of nitrogens with zero attached hydrogens (tertiary/aromatic N) is 2. The molecule has 3 rings (SSSR count). The number of likely N-dealkylation sites (N-methyl/N-ethyl adjacent to an activating group) is 1. The van der Waals surface area contributed by atoms with Gasteiger partial charge >= 0.3 is 0 Å². The Morgan fingerprint density at radius 1 is 1.29 bits per heavy atom. The van der Waals surface area contributed by atoms with Crippen LogP contribution in [-0.4, -0.2) is 36.0 Å². The summed E-state index contributed by atoms with van der Waals surface area (Å²) in [4.78, 5) is 5.04. The molecular formula is C14H21N3. The molecule has 1 aromatic rings. The molecule has 1 aromatic carbocycles. The minimum atomic E-state index is 0.709. The average molecular weight is 231 g/mol. The number of hydrogen-bond acceptors (Lipinski definition) is 3. The summed E-state index contributed by atoms with van der Waals surface area (Å²) in [5.41, 5.74) is 9.81. The van der Waals surface area contributed by atoms with Gasteiger partial charge in [-0.3, -0.25) is 4.90 Å².